The Kier molecular flexibility index (Phi) is 5.66. The Morgan fingerprint density at radius 1 is 1.23 bits per heavy atom. The fourth-order valence-electron chi connectivity index (χ4n) is 3.14. The Balaban J connectivity index is 1.61. The second-order valence-corrected chi connectivity index (χ2v) is 6.98. The van der Waals surface area contributed by atoms with Gasteiger partial charge < -0.3 is 10.1 Å². The number of nitrogens with zero attached hydrogens (tertiary/aromatic N) is 2. The summed E-state index contributed by atoms with van der Waals surface area (Å²) in [4.78, 5) is 6.90. The van der Waals surface area contributed by atoms with Crippen LogP contribution in [0.2, 0.25) is 0 Å². The molecule has 3 rings (SSSR count). The van der Waals surface area contributed by atoms with Gasteiger partial charge in [0.15, 0.2) is 0 Å². The monoisotopic (exact) mass is 371 g/mol. The number of hydrogen-bond acceptors (Lipinski definition) is 4. The van der Waals surface area contributed by atoms with Crippen LogP contribution in [0.15, 0.2) is 16.7 Å². The van der Waals surface area contributed by atoms with Gasteiger partial charge in [-0.05, 0) is 59.3 Å². The van der Waals surface area contributed by atoms with E-state index in [1.165, 1.54) is 5.56 Å². The zero-order valence-electron chi connectivity index (χ0n) is 12.7. The molecule has 0 bridgehead atoms. The minimum absolute atomic E-state index is 0.338. The number of hydrogen-bond donors (Lipinski definition) is 1. The summed E-state index contributed by atoms with van der Waals surface area (Å²) in [6, 6.07) is 4.52. The smallest absolute Gasteiger partial charge is 0.127 e. The number of nitrogens with one attached hydrogen (secondary N) is 1. The lowest BCUT2D eigenvalue weighted by molar-refractivity contribution is 0.0342. The summed E-state index contributed by atoms with van der Waals surface area (Å²) < 4.78 is 19.5. The number of anilines is 1. The summed E-state index contributed by atoms with van der Waals surface area (Å²) >= 11 is 3.50. The first kappa shape index (κ1) is 16.1. The van der Waals surface area contributed by atoms with E-state index in [9.17, 15) is 4.39 Å². The highest BCUT2D eigenvalue weighted by atomic mass is 79.9. The average molecular weight is 372 g/mol. The Hall–Kier alpha value is -0.720. The molecular formula is C16H23BrFN3O. The van der Waals surface area contributed by atoms with Gasteiger partial charge in [0.2, 0.25) is 0 Å². The molecule has 0 unspecified atom stereocenters. The average Bonchev–Trinajstić information content (AvgIpc) is 2.50. The van der Waals surface area contributed by atoms with E-state index in [2.05, 4.69) is 43.3 Å². The molecule has 0 spiro atoms. The van der Waals surface area contributed by atoms with Gasteiger partial charge in [0.1, 0.15) is 16.6 Å². The van der Waals surface area contributed by atoms with Crippen LogP contribution in [-0.2, 0) is 11.3 Å². The Bertz CT molecular complexity index is 488. The van der Waals surface area contributed by atoms with Crippen LogP contribution in [0.1, 0.15) is 31.2 Å². The van der Waals surface area contributed by atoms with Crippen molar-refractivity contribution < 1.29 is 9.13 Å². The predicted molar refractivity (Wildman–Crippen MR) is 88.8 cm³/mol. The van der Waals surface area contributed by atoms with Crippen molar-refractivity contribution in [3.8, 4) is 0 Å². The molecule has 122 valence electrons. The van der Waals surface area contributed by atoms with Gasteiger partial charge in [-0.1, -0.05) is 0 Å². The SMILES string of the molecule is FC1CCC(Nc2cc(CN3CCOCC3)cc(Br)n2)CC1. The Labute approximate surface area is 139 Å². The summed E-state index contributed by atoms with van der Waals surface area (Å²) in [6.45, 7) is 4.48. The van der Waals surface area contributed by atoms with Gasteiger partial charge in [0.05, 0.1) is 13.2 Å². The predicted octanol–water partition coefficient (Wildman–Crippen LogP) is 3.37. The zero-order chi connectivity index (χ0) is 15.4. The van der Waals surface area contributed by atoms with Crippen molar-refractivity contribution in [3.63, 3.8) is 0 Å². The van der Waals surface area contributed by atoms with Crippen molar-refractivity contribution in [3.05, 3.63) is 22.3 Å². The Morgan fingerprint density at radius 3 is 2.68 bits per heavy atom. The topological polar surface area (TPSA) is 37.4 Å². The van der Waals surface area contributed by atoms with Gasteiger partial charge in [0.25, 0.3) is 0 Å². The third-order valence-corrected chi connectivity index (χ3v) is 4.78. The summed E-state index contributed by atoms with van der Waals surface area (Å²) in [6.07, 6.45) is 2.46. The lowest BCUT2D eigenvalue weighted by Crippen LogP contribution is -2.35. The number of rotatable bonds is 4. The van der Waals surface area contributed by atoms with Crippen LogP contribution in [0.25, 0.3) is 0 Å². The number of pyridine rings is 1. The fraction of sp³-hybridized carbons (Fsp3) is 0.688. The van der Waals surface area contributed by atoms with E-state index in [0.29, 0.717) is 18.9 Å². The lowest BCUT2D eigenvalue weighted by Gasteiger charge is -2.27. The van der Waals surface area contributed by atoms with Crippen LogP contribution >= 0.6 is 15.9 Å². The molecule has 0 radical (unpaired) electrons. The maximum absolute atomic E-state index is 13.2. The molecule has 0 amide bonds. The molecule has 1 aromatic heterocycles. The van der Waals surface area contributed by atoms with Crippen molar-refractivity contribution >= 4 is 21.7 Å². The summed E-state index contributed by atoms with van der Waals surface area (Å²) in [5, 5.41) is 3.47. The second-order valence-electron chi connectivity index (χ2n) is 6.17. The van der Waals surface area contributed by atoms with E-state index in [0.717, 1.165) is 56.1 Å². The van der Waals surface area contributed by atoms with E-state index in [1.54, 1.807) is 0 Å². The molecule has 22 heavy (non-hydrogen) atoms. The molecule has 1 saturated carbocycles. The normalized spacial score (nSPS) is 26.8. The minimum atomic E-state index is -0.620. The van der Waals surface area contributed by atoms with E-state index in [1.807, 2.05) is 0 Å². The molecule has 2 heterocycles. The molecule has 2 fully saturated rings. The van der Waals surface area contributed by atoms with Crippen LogP contribution in [0.4, 0.5) is 10.2 Å². The van der Waals surface area contributed by atoms with Crippen molar-refractivity contribution in [1.29, 1.82) is 0 Å². The summed E-state index contributed by atoms with van der Waals surface area (Å²) in [5.41, 5.74) is 1.24. The number of morpholine rings is 1. The highest BCUT2D eigenvalue weighted by Crippen LogP contribution is 2.25. The third kappa shape index (κ3) is 4.64. The maximum atomic E-state index is 13.2. The highest BCUT2D eigenvalue weighted by molar-refractivity contribution is 9.10. The molecule has 0 atom stereocenters. The van der Waals surface area contributed by atoms with Crippen molar-refractivity contribution in [2.45, 2.75) is 44.4 Å². The molecule has 1 saturated heterocycles. The van der Waals surface area contributed by atoms with Gasteiger partial charge in [-0.3, -0.25) is 4.90 Å². The largest absolute Gasteiger partial charge is 0.379 e. The summed E-state index contributed by atoms with van der Waals surface area (Å²) in [5.74, 6) is 0.889. The van der Waals surface area contributed by atoms with Crippen molar-refractivity contribution in [1.82, 2.24) is 9.88 Å². The molecular weight excluding hydrogens is 349 g/mol. The lowest BCUT2D eigenvalue weighted by atomic mass is 9.94. The molecule has 0 aromatic carbocycles. The van der Waals surface area contributed by atoms with Crippen molar-refractivity contribution in [2.24, 2.45) is 0 Å². The number of halogens is 2. The first-order valence-electron chi connectivity index (χ1n) is 8.06. The fourth-order valence-corrected chi connectivity index (χ4v) is 3.62. The van der Waals surface area contributed by atoms with Gasteiger partial charge in [0, 0.05) is 25.7 Å². The number of alkyl halides is 1. The zero-order valence-corrected chi connectivity index (χ0v) is 14.3. The van der Waals surface area contributed by atoms with E-state index < -0.39 is 6.17 Å². The first-order chi connectivity index (χ1) is 10.7. The molecule has 4 nitrogen and oxygen atoms in total. The van der Waals surface area contributed by atoms with Crippen LogP contribution in [0.3, 0.4) is 0 Å². The number of aromatic nitrogens is 1. The molecule has 2 aliphatic rings. The van der Waals surface area contributed by atoms with Crippen LogP contribution in [0.5, 0.6) is 0 Å². The van der Waals surface area contributed by atoms with E-state index in [4.69, 9.17) is 4.74 Å². The van der Waals surface area contributed by atoms with Gasteiger partial charge in [-0.15, -0.1) is 0 Å². The molecule has 1 aliphatic heterocycles. The number of ether oxygens (including phenoxy) is 1. The Morgan fingerprint density at radius 2 is 1.95 bits per heavy atom. The third-order valence-electron chi connectivity index (χ3n) is 4.37. The molecule has 6 heteroatoms. The maximum Gasteiger partial charge on any atom is 0.127 e. The standard InChI is InChI=1S/C16H23BrFN3O/c17-15-9-12(11-21-5-7-22-8-6-21)10-16(20-15)19-14-3-1-13(18)2-4-14/h9-10,13-14H,1-8,11H2,(H,19,20). The van der Waals surface area contributed by atoms with Crippen LogP contribution in [-0.4, -0.2) is 48.4 Å². The molecule has 1 aliphatic carbocycles. The second kappa shape index (κ2) is 7.70. The van der Waals surface area contributed by atoms with Crippen molar-refractivity contribution in [2.75, 3.05) is 31.6 Å². The van der Waals surface area contributed by atoms with E-state index in [-0.39, 0.29) is 0 Å². The van der Waals surface area contributed by atoms with Gasteiger partial charge in [-0.2, -0.15) is 0 Å². The highest BCUT2D eigenvalue weighted by Gasteiger charge is 2.21. The van der Waals surface area contributed by atoms with Gasteiger partial charge in [-0.25, -0.2) is 9.37 Å². The van der Waals surface area contributed by atoms with Gasteiger partial charge >= 0.3 is 0 Å². The van der Waals surface area contributed by atoms with Crippen LogP contribution < -0.4 is 5.32 Å². The van der Waals surface area contributed by atoms with Crippen LogP contribution in [0, 0.1) is 0 Å². The summed E-state index contributed by atoms with van der Waals surface area (Å²) in [7, 11) is 0. The quantitative estimate of drug-likeness (QED) is 0.823. The molecule has 1 N–H and O–H groups in total. The molecule has 1 aromatic rings. The minimum Gasteiger partial charge on any atom is -0.379 e. The first-order valence-corrected chi connectivity index (χ1v) is 8.85. The van der Waals surface area contributed by atoms with E-state index >= 15 is 0 Å².